The van der Waals surface area contributed by atoms with Gasteiger partial charge in [-0.3, -0.25) is 4.79 Å². The van der Waals surface area contributed by atoms with Crippen molar-refractivity contribution in [1.29, 1.82) is 0 Å². The lowest BCUT2D eigenvalue weighted by molar-refractivity contribution is 0.102. The van der Waals surface area contributed by atoms with Gasteiger partial charge in [-0.1, -0.05) is 0 Å². The molecule has 0 saturated heterocycles. The van der Waals surface area contributed by atoms with Crippen LogP contribution in [-0.4, -0.2) is 22.7 Å². The van der Waals surface area contributed by atoms with E-state index in [0.717, 1.165) is 11.0 Å². The van der Waals surface area contributed by atoms with Crippen LogP contribution in [0.3, 0.4) is 0 Å². The van der Waals surface area contributed by atoms with Gasteiger partial charge in [0.2, 0.25) is 6.79 Å². The molecule has 2 aromatic carbocycles. The normalized spacial score (nSPS) is 12.6. The fourth-order valence-corrected chi connectivity index (χ4v) is 2.25. The number of nitrogens with one attached hydrogen (secondary N) is 2. The van der Waals surface area contributed by atoms with E-state index in [1.807, 2.05) is 18.2 Å². The van der Waals surface area contributed by atoms with Gasteiger partial charge >= 0.3 is 0 Å². The number of hydrogen-bond acceptors (Lipinski definition) is 4. The summed E-state index contributed by atoms with van der Waals surface area (Å²) >= 11 is 0. The number of benzene rings is 2. The summed E-state index contributed by atoms with van der Waals surface area (Å²) in [5.74, 6) is 1.05. The fourth-order valence-electron chi connectivity index (χ4n) is 2.25. The highest BCUT2D eigenvalue weighted by molar-refractivity contribution is 6.05. The number of imidazole rings is 1. The Bertz CT molecular complexity index is 841. The van der Waals surface area contributed by atoms with E-state index in [-0.39, 0.29) is 12.7 Å². The molecule has 4 rings (SSSR count). The van der Waals surface area contributed by atoms with Gasteiger partial charge in [0.25, 0.3) is 5.91 Å². The summed E-state index contributed by atoms with van der Waals surface area (Å²) in [5.41, 5.74) is 2.95. The summed E-state index contributed by atoms with van der Waals surface area (Å²) in [4.78, 5) is 19.4. The van der Waals surface area contributed by atoms with Gasteiger partial charge in [0.15, 0.2) is 11.5 Å². The number of hydrogen-bond donors (Lipinski definition) is 2. The molecule has 1 aliphatic rings. The summed E-state index contributed by atoms with van der Waals surface area (Å²) in [5, 5.41) is 2.85. The second-order valence-electron chi connectivity index (χ2n) is 4.66. The molecule has 6 nitrogen and oxygen atoms in total. The van der Waals surface area contributed by atoms with Crippen LogP contribution >= 0.6 is 0 Å². The highest BCUT2D eigenvalue weighted by atomic mass is 16.7. The molecule has 3 aromatic rings. The SMILES string of the molecule is O=C(Nc1ccc2nc[nH]c2c1)c1ccc2c(c1)OCO2. The maximum Gasteiger partial charge on any atom is 0.255 e. The zero-order valence-electron chi connectivity index (χ0n) is 10.9. The van der Waals surface area contributed by atoms with E-state index in [0.29, 0.717) is 22.7 Å². The highest BCUT2D eigenvalue weighted by Gasteiger charge is 2.16. The quantitative estimate of drug-likeness (QED) is 0.756. The van der Waals surface area contributed by atoms with E-state index in [2.05, 4.69) is 15.3 Å². The van der Waals surface area contributed by atoms with Gasteiger partial charge in [0.05, 0.1) is 17.4 Å². The summed E-state index contributed by atoms with van der Waals surface area (Å²) in [6.07, 6.45) is 1.62. The van der Waals surface area contributed by atoms with Crippen molar-refractivity contribution in [3.05, 3.63) is 48.3 Å². The minimum atomic E-state index is -0.202. The van der Waals surface area contributed by atoms with Crippen molar-refractivity contribution in [2.24, 2.45) is 0 Å². The van der Waals surface area contributed by atoms with E-state index >= 15 is 0 Å². The number of aromatic nitrogens is 2. The number of fused-ring (bicyclic) bond motifs is 2. The number of carbonyl (C=O) groups is 1. The molecule has 0 unspecified atom stereocenters. The maximum atomic E-state index is 12.3. The van der Waals surface area contributed by atoms with Crippen LogP contribution in [0.25, 0.3) is 11.0 Å². The van der Waals surface area contributed by atoms with Gasteiger partial charge in [0.1, 0.15) is 0 Å². The molecule has 104 valence electrons. The standard InChI is InChI=1S/C15H11N3O3/c19-15(9-1-4-13-14(5-9)21-8-20-13)18-10-2-3-11-12(6-10)17-7-16-11/h1-7H,8H2,(H,16,17)(H,18,19). The predicted molar refractivity (Wildman–Crippen MR) is 76.6 cm³/mol. The molecule has 0 bridgehead atoms. The first-order valence-corrected chi connectivity index (χ1v) is 6.44. The second kappa shape index (κ2) is 4.52. The molecule has 2 N–H and O–H groups in total. The molecule has 6 heteroatoms. The largest absolute Gasteiger partial charge is 0.454 e. The Balaban J connectivity index is 1.59. The van der Waals surface area contributed by atoms with E-state index < -0.39 is 0 Å². The topological polar surface area (TPSA) is 76.2 Å². The van der Waals surface area contributed by atoms with Gasteiger partial charge in [0, 0.05) is 11.3 Å². The van der Waals surface area contributed by atoms with Crippen molar-refractivity contribution in [1.82, 2.24) is 9.97 Å². The lowest BCUT2D eigenvalue weighted by Gasteiger charge is -2.06. The van der Waals surface area contributed by atoms with Gasteiger partial charge in [-0.25, -0.2) is 4.98 Å². The Morgan fingerprint density at radius 1 is 1.14 bits per heavy atom. The number of anilines is 1. The van der Waals surface area contributed by atoms with Crippen molar-refractivity contribution in [3.8, 4) is 11.5 Å². The van der Waals surface area contributed by atoms with Crippen LogP contribution in [0.4, 0.5) is 5.69 Å². The van der Waals surface area contributed by atoms with E-state index in [1.165, 1.54) is 0 Å². The number of aromatic amines is 1. The van der Waals surface area contributed by atoms with E-state index in [1.54, 1.807) is 24.5 Å². The average molecular weight is 281 g/mol. The van der Waals surface area contributed by atoms with Crippen LogP contribution in [0.15, 0.2) is 42.7 Å². The first-order chi connectivity index (χ1) is 10.3. The summed E-state index contributed by atoms with van der Waals surface area (Å²) in [7, 11) is 0. The first kappa shape index (κ1) is 11.8. The first-order valence-electron chi connectivity index (χ1n) is 6.44. The number of amides is 1. The molecular weight excluding hydrogens is 270 g/mol. The van der Waals surface area contributed by atoms with Crippen LogP contribution in [0, 0.1) is 0 Å². The lowest BCUT2D eigenvalue weighted by Crippen LogP contribution is -2.11. The fraction of sp³-hybridized carbons (Fsp3) is 0.0667. The van der Waals surface area contributed by atoms with Crippen molar-refractivity contribution >= 4 is 22.6 Å². The molecular formula is C15H11N3O3. The number of rotatable bonds is 2. The van der Waals surface area contributed by atoms with Crippen molar-refractivity contribution in [2.75, 3.05) is 12.1 Å². The summed E-state index contributed by atoms with van der Waals surface area (Å²) in [6, 6.07) is 10.6. The molecule has 1 aliphatic heterocycles. The molecule has 0 spiro atoms. The van der Waals surface area contributed by atoms with Crippen molar-refractivity contribution < 1.29 is 14.3 Å². The highest BCUT2D eigenvalue weighted by Crippen LogP contribution is 2.32. The molecule has 1 amide bonds. The Morgan fingerprint density at radius 2 is 2.05 bits per heavy atom. The van der Waals surface area contributed by atoms with Crippen molar-refractivity contribution in [3.63, 3.8) is 0 Å². The maximum absolute atomic E-state index is 12.3. The Labute approximate surface area is 119 Å². The molecule has 0 aliphatic carbocycles. The van der Waals surface area contributed by atoms with Crippen LogP contribution in [0.2, 0.25) is 0 Å². The third-order valence-electron chi connectivity index (χ3n) is 3.31. The van der Waals surface area contributed by atoms with Crippen LogP contribution in [-0.2, 0) is 0 Å². The summed E-state index contributed by atoms with van der Waals surface area (Å²) in [6.45, 7) is 0.191. The minimum absolute atomic E-state index is 0.191. The Kier molecular flexibility index (Phi) is 2.53. The molecule has 0 atom stereocenters. The summed E-state index contributed by atoms with van der Waals surface area (Å²) < 4.78 is 10.5. The van der Waals surface area contributed by atoms with Gasteiger partial charge in [-0.15, -0.1) is 0 Å². The van der Waals surface area contributed by atoms with Gasteiger partial charge < -0.3 is 19.8 Å². The van der Waals surface area contributed by atoms with Gasteiger partial charge in [-0.2, -0.15) is 0 Å². The van der Waals surface area contributed by atoms with Crippen LogP contribution < -0.4 is 14.8 Å². The van der Waals surface area contributed by atoms with Crippen LogP contribution in [0.5, 0.6) is 11.5 Å². The zero-order valence-corrected chi connectivity index (χ0v) is 10.9. The monoisotopic (exact) mass is 281 g/mol. The Hall–Kier alpha value is -3.02. The number of ether oxygens (including phenoxy) is 2. The molecule has 2 heterocycles. The minimum Gasteiger partial charge on any atom is -0.454 e. The number of carbonyl (C=O) groups excluding carboxylic acids is 1. The smallest absolute Gasteiger partial charge is 0.255 e. The van der Waals surface area contributed by atoms with E-state index in [9.17, 15) is 4.79 Å². The molecule has 0 fully saturated rings. The van der Waals surface area contributed by atoms with Gasteiger partial charge in [-0.05, 0) is 36.4 Å². The lowest BCUT2D eigenvalue weighted by atomic mass is 10.2. The third-order valence-corrected chi connectivity index (χ3v) is 3.31. The predicted octanol–water partition coefficient (Wildman–Crippen LogP) is 2.54. The molecule has 1 aromatic heterocycles. The number of H-pyrrole nitrogens is 1. The third kappa shape index (κ3) is 2.06. The number of nitrogens with zero attached hydrogens (tertiary/aromatic N) is 1. The second-order valence-corrected chi connectivity index (χ2v) is 4.66. The van der Waals surface area contributed by atoms with Crippen LogP contribution in [0.1, 0.15) is 10.4 Å². The Morgan fingerprint density at radius 3 is 3.00 bits per heavy atom. The van der Waals surface area contributed by atoms with Crippen molar-refractivity contribution in [2.45, 2.75) is 0 Å². The molecule has 21 heavy (non-hydrogen) atoms. The zero-order chi connectivity index (χ0) is 14.2. The van der Waals surface area contributed by atoms with E-state index in [4.69, 9.17) is 9.47 Å². The molecule has 0 saturated carbocycles. The average Bonchev–Trinajstić information content (AvgIpc) is 3.14. The molecule has 0 radical (unpaired) electrons.